The number of anilines is 3. The highest BCUT2D eigenvalue weighted by Crippen LogP contribution is 2.44. The van der Waals surface area contributed by atoms with Crippen LogP contribution in [0.4, 0.5) is 17.1 Å². The minimum Gasteiger partial charge on any atom is -0.311 e. The van der Waals surface area contributed by atoms with Crippen LogP contribution in [-0.2, 0) is 0 Å². The molecular formula is C31H22BNS. The molecule has 5 aromatic carbocycles. The minimum absolute atomic E-state index is 0.249. The van der Waals surface area contributed by atoms with Crippen molar-refractivity contribution in [2.45, 2.75) is 16.7 Å². The first-order valence-corrected chi connectivity index (χ1v) is 12.6. The van der Waals surface area contributed by atoms with E-state index in [-0.39, 0.29) is 6.71 Å². The highest BCUT2D eigenvalue weighted by atomic mass is 32.2. The van der Waals surface area contributed by atoms with E-state index >= 15 is 0 Å². The van der Waals surface area contributed by atoms with Crippen molar-refractivity contribution >= 4 is 51.9 Å². The summed E-state index contributed by atoms with van der Waals surface area (Å²) in [5.74, 6) is 0. The van der Waals surface area contributed by atoms with Gasteiger partial charge in [0.2, 0.25) is 6.71 Å². The standard InChI is InChI=1S/C31H22BNS/c1-21-19-28-31-30(20-21)34-29-18-10-7-15-25(29)32(31)24-14-6-9-17-27(24)33(28)26-16-8-5-13-23(26)22-11-3-2-4-12-22/h2-20H,1H3. The highest BCUT2D eigenvalue weighted by molar-refractivity contribution is 8.00. The van der Waals surface area contributed by atoms with Gasteiger partial charge in [-0.2, -0.15) is 0 Å². The van der Waals surface area contributed by atoms with E-state index in [4.69, 9.17) is 0 Å². The molecule has 160 valence electrons. The van der Waals surface area contributed by atoms with E-state index in [1.54, 1.807) is 0 Å². The summed E-state index contributed by atoms with van der Waals surface area (Å²) in [6.45, 7) is 2.47. The van der Waals surface area contributed by atoms with Crippen LogP contribution >= 0.6 is 11.8 Å². The smallest absolute Gasteiger partial charge is 0.249 e. The van der Waals surface area contributed by atoms with Gasteiger partial charge in [-0.1, -0.05) is 102 Å². The lowest BCUT2D eigenvalue weighted by Crippen LogP contribution is -2.59. The Hall–Kier alpha value is -3.69. The third-order valence-electron chi connectivity index (χ3n) is 6.96. The Balaban J connectivity index is 1.55. The summed E-state index contributed by atoms with van der Waals surface area (Å²) in [7, 11) is 0. The van der Waals surface area contributed by atoms with Crippen LogP contribution in [0, 0.1) is 6.92 Å². The van der Waals surface area contributed by atoms with Crippen molar-refractivity contribution in [1.29, 1.82) is 0 Å². The third kappa shape index (κ3) is 2.90. The number of benzene rings is 5. The molecule has 0 aromatic heterocycles. The summed E-state index contributed by atoms with van der Waals surface area (Å²) in [4.78, 5) is 5.23. The molecule has 2 heterocycles. The molecule has 5 aromatic rings. The van der Waals surface area contributed by atoms with Gasteiger partial charge in [0.25, 0.3) is 0 Å². The Morgan fingerprint density at radius 2 is 1.26 bits per heavy atom. The predicted molar refractivity (Wildman–Crippen MR) is 147 cm³/mol. The first-order chi connectivity index (χ1) is 16.8. The van der Waals surface area contributed by atoms with E-state index in [9.17, 15) is 0 Å². The molecule has 0 amide bonds. The lowest BCUT2D eigenvalue weighted by Gasteiger charge is -2.41. The normalized spacial score (nSPS) is 13.2. The third-order valence-corrected chi connectivity index (χ3v) is 8.11. The van der Waals surface area contributed by atoms with Crippen LogP contribution in [0.25, 0.3) is 11.1 Å². The molecule has 0 atom stereocenters. The van der Waals surface area contributed by atoms with E-state index in [1.165, 1.54) is 59.9 Å². The van der Waals surface area contributed by atoms with Crippen molar-refractivity contribution in [3.05, 3.63) is 121 Å². The second kappa shape index (κ2) is 7.68. The largest absolute Gasteiger partial charge is 0.311 e. The van der Waals surface area contributed by atoms with Crippen molar-refractivity contribution in [3.63, 3.8) is 0 Å². The zero-order valence-electron chi connectivity index (χ0n) is 18.9. The molecule has 2 aliphatic rings. The SMILES string of the molecule is Cc1cc2c3c(c1)N(c1ccccc1-c1ccccc1)c1ccccc1B3c1ccccc1S2. The Morgan fingerprint density at radius 1 is 0.588 bits per heavy atom. The molecule has 3 heteroatoms. The number of fused-ring (bicyclic) bond motifs is 4. The van der Waals surface area contributed by atoms with E-state index in [2.05, 4.69) is 127 Å². The molecular weight excluding hydrogens is 429 g/mol. The van der Waals surface area contributed by atoms with Crippen molar-refractivity contribution in [1.82, 2.24) is 0 Å². The van der Waals surface area contributed by atoms with Gasteiger partial charge in [-0.25, -0.2) is 0 Å². The molecule has 0 aliphatic carbocycles. The number of nitrogens with zero attached hydrogens (tertiary/aromatic N) is 1. The zero-order chi connectivity index (χ0) is 22.6. The van der Waals surface area contributed by atoms with Crippen molar-refractivity contribution in [3.8, 4) is 11.1 Å². The summed E-state index contributed by atoms with van der Waals surface area (Å²) in [6.07, 6.45) is 0. The summed E-state index contributed by atoms with van der Waals surface area (Å²) >= 11 is 1.91. The molecule has 0 unspecified atom stereocenters. The summed E-state index contributed by atoms with van der Waals surface area (Å²) in [5, 5.41) is 0. The van der Waals surface area contributed by atoms with Crippen LogP contribution in [0.3, 0.4) is 0 Å². The van der Waals surface area contributed by atoms with Gasteiger partial charge in [0.15, 0.2) is 0 Å². The van der Waals surface area contributed by atoms with E-state index in [0.717, 1.165) is 0 Å². The van der Waals surface area contributed by atoms with Crippen LogP contribution in [0.1, 0.15) is 5.56 Å². The summed E-state index contributed by atoms with van der Waals surface area (Å²) in [5.41, 5.74) is 11.8. The van der Waals surface area contributed by atoms with Crippen molar-refractivity contribution in [2.24, 2.45) is 0 Å². The Labute approximate surface area is 205 Å². The molecule has 0 saturated carbocycles. The van der Waals surface area contributed by atoms with Gasteiger partial charge < -0.3 is 4.90 Å². The fraction of sp³-hybridized carbons (Fsp3) is 0.0323. The lowest BCUT2D eigenvalue weighted by atomic mass is 9.35. The van der Waals surface area contributed by atoms with Gasteiger partial charge in [-0.05, 0) is 59.3 Å². The molecule has 0 N–H and O–H groups in total. The second-order valence-electron chi connectivity index (χ2n) is 9.05. The Kier molecular flexibility index (Phi) is 4.46. The summed E-state index contributed by atoms with van der Waals surface area (Å²) < 4.78 is 0. The van der Waals surface area contributed by atoms with Crippen LogP contribution in [0.15, 0.2) is 125 Å². The van der Waals surface area contributed by atoms with Crippen LogP contribution in [-0.4, -0.2) is 6.71 Å². The maximum absolute atomic E-state index is 2.49. The van der Waals surface area contributed by atoms with Gasteiger partial charge in [-0.3, -0.25) is 0 Å². The topological polar surface area (TPSA) is 3.24 Å². The molecule has 0 bridgehead atoms. The quantitative estimate of drug-likeness (QED) is 0.279. The molecule has 0 saturated heterocycles. The van der Waals surface area contributed by atoms with Gasteiger partial charge in [0.05, 0.1) is 5.69 Å². The monoisotopic (exact) mass is 451 g/mol. The van der Waals surface area contributed by atoms with Crippen molar-refractivity contribution < 1.29 is 0 Å². The molecule has 7 rings (SSSR count). The van der Waals surface area contributed by atoms with E-state index in [0.29, 0.717) is 0 Å². The van der Waals surface area contributed by atoms with Crippen LogP contribution in [0.2, 0.25) is 0 Å². The molecule has 2 aliphatic heterocycles. The maximum Gasteiger partial charge on any atom is 0.249 e. The van der Waals surface area contributed by atoms with Gasteiger partial charge in [-0.15, -0.1) is 0 Å². The zero-order valence-corrected chi connectivity index (χ0v) is 19.7. The fourth-order valence-electron chi connectivity index (χ4n) is 5.57. The highest BCUT2D eigenvalue weighted by Gasteiger charge is 2.40. The van der Waals surface area contributed by atoms with Gasteiger partial charge in [0.1, 0.15) is 0 Å². The van der Waals surface area contributed by atoms with Crippen molar-refractivity contribution in [2.75, 3.05) is 4.90 Å². The molecule has 0 radical (unpaired) electrons. The van der Waals surface area contributed by atoms with Crippen LogP contribution < -0.4 is 21.3 Å². The number of hydrogen-bond acceptors (Lipinski definition) is 2. The van der Waals surface area contributed by atoms with Gasteiger partial charge in [0, 0.05) is 26.7 Å². The number of aryl methyl sites for hydroxylation is 1. The average molecular weight is 451 g/mol. The Bertz CT molecular complexity index is 1560. The number of rotatable bonds is 2. The summed E-state index contributed by atoms with van der Waals surface area (Å²) in [6, 6.07) is 42.1. The first-order valence-electron chi connectivity index (χ1n) is 11.7. The van der Waals surface area contributed by atoms with E-state index in [1.807, 2.05) is 11.8 Å². The van der Waals surface area contributed by atoms with Gasteiger partial charge >= 0.3 is 0 Å². The van der Waals surface area contributed by atoms with E-state index < -0.39 is 0 Å². The average Bonchev–Trinajstić information content (AvgIpc) is 2.89. The fourth-order valence-corrected chi connectivity index (χ4v) is 6.83. The number of para-hydroxylation sites is 2. The minimum atomic E-state index is 0.249. The predicted octanol–water partition coefficient (Wildman–Crippen LogP) is 6.43. The number of hydrogen-bond donors (Lipinski definition) is 0. The molecule has 1 nitrogen and oxygen atoms in total. The second-order valence-corrected chi connectivity index (χ2v) is 10.1. The molecule has 0 fully saturated rings. The molecule has 0 spiro atoms. The maximum atomic E-state index is 2.49. The van der Waals surface area contributed by atoms with Crippen LogP contribution in [0.5, 0.6) is 0 Å². The lowest BCUT2D eigenvalue weighted by molar-refractivity contribution is 1.25. The molecule has 34 heavy (non-hydrogen) atoms. The Morgan fingerprint density at radius 3 is 2.12 bits per heavy atom. The first kappa shape index (κ1) is 19.8.